The molecule has 202 valence electrons. The summed E-state index contributed by atoms with van der Waals surface area (Å²) in [5, 5.41) is 12.8. The van der Waals surface area contributed by atoms with E-state index in [2.05, 4.69) is 26.0 Å². The van der Waals surface area contributed by atoms with Gasteiger partial charge in [0.25, 0.3) is 0 Å². The van der Waals surface area contributed by atoms with Crippen molar-refractivity contribution in [3.05, 3.63) is 45.4 Å². The van der Waals surface area contributed by atoms with Gasteiger partial charge in [-0.1, -0.05) is 0 Å². The third-order valence-corrected chi connectivity index (χ3v) is 5.69. The maximum atomic E-state index is 12.8. The first kappa shape index (κ1) is 29.9. The van der Waals surface area contributed by atoms with Gasteiger partial charge in [0.1, 0.15) is 17.2 Å². The zero-order valence-corrected chi connectivity index (χ0v) is 22.0. The lowest BCUT2D eigenvalue weighted by atomic mass is 10.0. The molecule has 0 atom stereocenters. The van der Waals surface area contributed by atoms with Gasteiger partial charge in [0.15, 0.2) is 5.78 Å². The summed E-state index contributed by atoms with van der Waals surface area (Å²) in [5.41, 5.74) is 0.848. The van der Waals surface area contributed by atoms with Crippen LogP contribution >= 0.6 is 15.9 Å². The van der Waals surface area contributed by atoms with Crippen molar-refractivity contribution in [3.8, 4) is 17.2 Å². The van der Waals surface area contributed by atoms with Crippen LogP contribution in [0, 0.1) is 6.92 Å². The smallest absolute Gasteiger partial charge is 0.397 e. The Morgan fingerprint density at radius 1 is 1.08 bits per heavy atom. The number of carbonyl (C=O) groups excluding carboxylic acids is 3. The molecule has 1 amide bonds. The van der Waals surface area contributed by atoms with Crippen molar-refractivity contribution in [2.24, 2.45) is 0 Å². The number of hydrogen-bond donors (Lipinski definition) is 2. The zero-order valence-electron chi connectivity index (χ0n) is 20.5. The second-order valence-corrected chi connectivity index (χ2v) is 8.79. The van der Waals surface area contributed by atoms with Crippen LogP contribution in [-0.2, 0) is 20.7 Å². The molecular weight excluding hydrogens is 563 g/mol. The monoisotopic (exact) mass is 589 g/mol. The van der Waals surface area contributed by atoms with Gasteiger partial charge < -0.3 is 24.6 Å². The molecule has 0 aromatic heterocycles. The highest BCUT2D eigenvalue weighted by molar-refractivity contribution is 9.10. The van der Waals surface area contributed by atoms with Gasteiger partial charge in [-0.15, -0.1) is 0 Å². The Labute approximate surface area is 220 Å². The highest BCUT2D eigenvalue weighted by Crippen LogP contribution is 2.35. The van der Waals surface area contributed by atoms with E-state index in [1.165, 1.54) is 25.1 Å². The van der Waals surface area contributed by atoms with E-state index in [4.69, 9.17) is 9.47 Å². The Balaban J connectivity index is 2.02. The number of aryl methyl sites for hydroxylation is 1. The molecule has 2 N–H and O–H groups in total. The standard InChI is InChI=1S/C25H27BrF3NO7/c1-4-35-24(34)23(33)30-19-13-21(18(26)12-14(19)2)37-11-5-10-36-20-7-6-16(15(3)31)22(32)17(20)8-9-25(27,28)29/h6-7,12-13,32H,4-5,8-11H2,1-3H3,(H,30,33). The summed E-state index contributed by atoms with van der Waals surface area (Å²) in [4.78, 5) is 35.2. The summed E-state index contributed by atoms with van der Waals surface area (Å²) in [6, 6.07) is 5.89. The largest absolute Gasteiger partial charge is 0.507 e. The highest BCUT2D eigenvalue weighted by Gasteiger charge is 2.29. The fourth-order valence-electron chi connectivity index (χ4n) is 3.24. The third kappa shape index (κ3) is 8.96. The van der Waals surface area contributed by atoms with Gasteiger partial charge in [-0.05, 0) is 66.9 Å². The zero-order chi connectivity index (χ0) is 27.8. The fraction of sp³-hybridized carbons (Fsp3) is 0.400. The number of ether oxygens (including phenoxy) is 3. The molecule has 0 fully saturated rings. The topological polar surface area (TPSA) is 111 Å². The number of ketones is 1. The Kier molecular flexibility index (Phi) is 10.8. The van der Waals surface area contributed by atoms with Crippen LogP contribution < -0.4 is 14.8 Å². The van der Waals surface area contributed by atoms with Crippen LogP contribution in [0.2, 0.25) is 0 Å². The number of amides is 1. The van der Waals surface area contributed by atoms with Crippen LogP contribution in [0.5, 0.6) is 17.2 Å². The van der Waals surface area contributed by atoms with E-state index in [1.807, 2.05) is 0 Å². The van der Waals surface area contributed by atoms with E-state index in [9.17, 15) is 32.7 Å². The molecule has 2 rings (SSSR count). The van der Waals surface area contributed by atoms with Crippen LogP contribution in [-0.4, -0.2) is 48.8 Å². The lowest BCUT2D eigenvalue weighted by molar-refractivity contribution is -0.152. The number of esters is 1. The summed E-state index contributed by atoms with van der Waals surface area (Å²) in [6.07, 6.45) is -5.85. The van der Waals surface area contributed by atoms with Crippen molar-refractivity contribution in [1.82, 2.24) is 0 Å². The van der Waals surface area contributed by atoms with Crippen molar-refractivity contribution in [2.45, 2.75) is 46.2 Å². The number of Topliss-reactive ketones (excluding diaryl/α,β-unsaturated/α-hetero) is 1. The van der Waals surface area contributed by atoms with Gasteiger partial charge in [0.05, 0.1) is 29.9 Å². The molecule has 12 heteroatoms. The van der Waals surface area contributed by atoms with Crippen LogP contribution in [0.25, 0.3) is 0 Å². The van der Waals surface area contributed by atoms with Crippen molar-refractivity contribution < 1.29 is 46.9 Å². The molecule has 2 aromatic rings. The average Bonchev–Trinajstić information content (AvgIpc) is 2.80. The van der Waals surface area contributed by atoms with E-state index in [1.54, 1.807) is 19.9 Å². The first-order valence-electron chi connectivity index (χ1n) is 11.3. The number of phenolic OH excluding ortho intramolecular Hbond substituents is 1. The molecule has 2 aromatic carbocycles. The Morgan fingerprint density at radius 3 is 2.32 bits per heavy atom. The number of halogens is 4. The van der Waals surface area contributed by atoms with Crippen LogP contribution in [0.1, 0.15) is 48.2 Å². The third-order valence-electron chi connectivity index (χ3n) is 5.07. The first-order chi connectivity index (χ1) is 17.3. The summed E-state index contributed by atoms with van der Waals surface area (Å²) in [7, 11) is 0. The Hall–Kier alpha value is -3.28. The molecule has 0 aliphatic rings. The molecule has 0 radical (unpaired) electrons. The van der Waals surface area contributed by atoms with E-state index >= 15 is 0 Å². The number of carbonyl (C=O) groups is 3. The summed E-state index contributed by atoms with van der Waals surface area (Å²) >= 11 is 3.37. The number of hydrogen-bond acceptors (Lipinski definition) is 7. The number of anilines is 1. The van der Waals surface area contributed by atoms with E-state index in [0.29, 0.717) is 27.9 Å². The molecule has 0 saturated carbocycles. The minimum Gasteiger partial charge on any atom is -0.507 e. The summed E-state index contributed by atoms with van der Waals surface area (Å²) in [5.74, 6) is -2.52. The first-order valence-corrected chi connectivity index (χ1v) is 12.1. The van der Waals surface area contributed by atoms with E-state index in [0.717, 1.165) is 0 Å². The number of rotatable bonds is 11. The van der Waals surface area contributed by atoms with Crippen molar-refractivity contribution in [1.29, 1.82) is 0 Å². The van der Waals surface area contributed by atoms with Crippen molar-refractivity contribution in [3.63, 3.8) is 0 Å². The average molecular weight is 590 g/mol. The number of nitrogens with one attached hydrogen (secondary N) is 1. The predicted octanol–water partition coefficient (Wildman–Crippen LogP) is 5.51. The van der Waals surface area contributed by atoms with Gasteiger partial charge in [-0.25, -0.2) is 4.79 Å². The molecule has 8 nitrogen and oxygen atoms in total. The highest BCUT2D eigenvalue weighted by atomic mass is 79.9. The lowest BCUT2D eigenvalue weighted by Crippen LogP contribution is -2.25. The number of aromatic hydroxyl groups is 1. The molecule has 0 unspecified atom stereocenters. The maximum absolute atomic E-state index is 12.8. The molecule has 37 heavy (non-hydrogen) atoms. The maximum Gasteiger partial charge on any atom is 0.397 e. The quantitative estimate of drug-likeness (QED) is 0.154. The van der Waals surface area contributed by atoms with Crippen molar-refractivity contribution in [2.75, 3.05) is 25.1 Å². The second-order valence-electron chi connectivity index (χ2n) is 7.93. The Bertz CT molecular complexity index is 1150. The summed E-state index contributed by atoms with van der Waals surface area (Å²) < 4.78 is 54.8. The number of phenols is 1. The molecular formula is C25H27BrF3NO7. The Morgan fingerprint density at radius 2 is 1.73 bits per heavy atom. The number of alkyl halides is 3. The summed E-state index contributed by atoms with van der Waals surface area (Å²) in [6.45, 7) is 4.77. The minimum atomic E-state index is -4.44. The van der Waals surface area contributed by atoms with E-state index < -0.39 is 42.4 Å². The van der Waals surface area contributed by atoms with E-state index in [-0.39, 0.29) is 36.7 Å². The van der Waals surface area contributed by atoms with Crippen molar-refractivity contribution >= 4 is 39.3 Å². The molecule has 0 aliphatic carbocycles. The fourth-order valence-corrected chi connectivity index (χ4v) is 3.81. The van der Waals surface area contributed by atoms with Crippen LogP contribution in [0.4, 0.5) is 18.9 Å². The molecule has 0 heterocycles. The SMILES string of the molecule is CCOC(=O)C(=O)Nc1cc(OCCCOc2ccc(C(C)=O)c(O)c2CCC(F)(F)F)c(Br)cc1C. The van der Waals surface area contributed by atoms with Gasteiger partial charge in [-0.3, -0.25) is 9.59 Å². The second kappa shape index (κ2) is 13.3. The lowest BCUT2D eigenvalue weighted by Gasteiger charge is -2.16. The van der Waals surface area contributed by atoms with Gasteiger partial charge in [0.2, 0.25) is 0 Å². The van der Waals surface area contributed by atoms with Gasteiger partial charge in [-0.2, -0.15) is 13.2 Å². The van der Waals surface area contributed by atoms with Crippen LogP contribution in [0.15, 0.2) is 28.7 Å². The predicted molar refractivity (Wildman–Crippen MR) is 132 cm³/mol. The minimum absolute atomic E-state index is 0.0484. The molecule has 0 bridgehead atoms. The molecule has 0 aliphatic heterocycles. The normalized spacial score (nSPS) is 11.1. The van der Waals surface area contributed by atoms with Gasteiger partial charge >= 0.3 is 18.1 Å². The van der Waals surface area contributed by atoms with Crippen LogP contribution in [0.3, 0.4) is 0 Å². The number of benzene rings is 2. The van der Waals surface area contributed by atoms with Gasteiger partial charge in [0, 0.05) is 30.2 Å². The molecule has 0 saturated heterocycles. The molecule has 0 spiro atoms.